The molecule has 0 aromatic rings. The van der Waals surface area contributed by atoms with Gasteiger partial charge in [-0.1, -0.05) is 11.6 Å². The van der Waals surface area contributed by atoms with Gasteiger partial charge in [-0.25, -0.2) is 9.59 Å². The standard InChI is InChI=1S/C12H23ClN4O4/c1-12(2,3)21-11(19)17-8(9(18)20-7-13)5-4-6-16-10(14)15/h8H,4-7H2,1-3H3,(H,17,19)(H4,14,15,16)/t8-/m1/s1. The van der Waals surface area contributed by atoms with Crippen molar-refractivity contribution in [2.75, 3.05) is 12.6 Å². The molecular weight excluding hydrogens is 300 g/mol. The lowest BCUT2D eigenvalue weighted by molar-refractivity contribution is -0.144. The number of nitrogens with two attached hydrogens (primary N) is 2. The predicted octanol–water partition coefficient (Wildman–Crippen LogP) is 0.673. The molecule has 122 valence electrons. The van der Waals surface area contributed by atoms with E-state index in [-0.39, 0.29) is 12.0 Å². The van der Waals surface area contributed by atoms with Crippen LogP contribution in [0, 0.1) is 0 Å². The summed E-state index contributed by atoms with van der Waals surface area (Å²) in [4.78, 5) is 27.2. The van der Waals surface area contributed by atoms with Gasteiger partial charge in [0.1, 0.15) is 11.6 Å². The minimum Gasteiger partial charge on any atom is -0.448 e. The number of hydrogen-bond donors (Lipinski definition) is 3. The van der Waals surface area contributed by atoms with Crippen molar-refractivity contribution in [3.8, 4) is 0 Å². The summed E-state index contributed by atoms with van der Waals surface area (Å²) >= 11 is 5.34. The Labute approximate surface area is 129 Å². The highest BCUT2D eigenvalue weighted by atomic mass is 35.5. The number of aliphatic imine (C=N–C) groups is 1. The van der Waals surface area contributed by atoms with Gasteiger partial charge in [0.15, 0.2) is 12.0 Å². The lowest BCUT2D eigenvalue weighted by Crippen LogP contribution is -2.44. The largest absolute Gasteiger partial charge is 0.448 e. The molecule has 0 aromatic heterocycles. The highest BCUT2D eigenvalue weighted by Crippen LogP contribution is 2.08. The number of carbonyl (C=O) groups excluding carboxylic acids is 2. The van der Waals surface area contributed by atoms with E-state index in [1.807, 2.05) is 0 Å². The summed E-state index contributed by atoms with van der Waals surface area (Å²) in [5, 5.41) is 2.44. The van der Waals surface area contributed by atoms with E-state index < -0.39 is 23.7 Å². The fourth-order valence-electron chi connectivity index (χ4n) is 1.36. The van der Waals surface area contributed by atoms with E-state index in [1.54, 1.807) is 20.8 Å². The van der Waals surface area contributed by atoms with Gasteiger partial charge in [0.2, 0.25) is 0 Å². The maximum absolute atomic E-state index is 11.7. The van der Waals surface area contributed by atoms with Crippen molar-refractivity contribution in [3.63, 3.8) is 0 Å². The lowest BCUT2D eigenvalue weighted by Gasteiger charge is -2.22. The van der Waals surface area contributed by atoms with Gasteiger partial charge >= 0.3 is 12.1 Å². The zero-order valence-electron chi connectivity index (χ0n) is 12.5. The zero-order valence-corrected chi connectivity index (χ0v) is 13.3. The number of carbonyl (C=O) groups is 2. The Balaban J connectivity index is 4.49. The topological polar surface area (TPSA) is 129 Å². The van der Waals surface area contributed by atoms with Gasteiger partial charge in [-0.2, -0.15) is 0 Å². The number of guanidine groups is 1. The first-order valence-corrected chi connectivity index (χ1v) is 6.96. The predicted molar refractivity (Wildman–Crippen MR) is 79.9 cm³/mol. The molecule has 5 N–H and O–H groups in total. The van der Waals surface area contributed by atoms with Crippen LogP contribution in [0.2, 0.25) is 0 Å². The van der Waals surface area contributed by atoms with Gasteiger partial charge in [-0.15, -0.1) is 0 Å². The molecule has 0 aliphatic heterocycles. The normalized spacial score (nSPS) is 12.2. The van der Waals surface area contributed by atoms with Crippen molar-refractivity contribution in [2.24, 2.45) is 16.5 Å². The molecule has 0 unspecified atom stereocenters. The fraction of sp³-hybridized carbons (Fsp3) is 0.750. The van der Waals surface area contributed by atoms with E-state index in [0.717, 1.165) is 0 Å². The SMILES string of the molecule is CC(C)(C)OC(=O)N[C@H](CCCN=C(N)N)C(=O)OCCl. The summed E-state index contributed by atoms with van der Waals surface area (Å²) < 4.78 is 9.77. The third-order valence-corrected chi connectivity index (χ3v) is 2.23. The van der Waals surface area contributed by atoms with Gasteiger partial charge in [0.05, 0.1) is 0 Å². The Bertz CT molecular complexity index is 378. The Morgan fingerprint density at radius 1 is 1.33 bits per heavy atom. The van der Waals surface area contributed by atoms with Crippen molar-refractivity contribution >= 4 is 29.6 Å². The van der Waals surface area contributed by atoms with Crippen LogP contribution in [0.5, 0.6) is 0 Å². The second kappa shape index (κ2) is 9.28. The number of alkyl carbamates (subject to hydrolysis) is 1. The summed E-state index contributed by atoms with van der Waals surface area (Å²) in [6.45, 7) is 5.50. The molecule has 21 heavy (non-hydrogen) atoms. The molecule has 1 atom stereocenters. The molecule has 0 aliphatic carbocycles. The Kier molecular flexibility index (Phi) is 8.52. The van der Waals surface area contributed by atoms with Gasteiger partial charge in [-0.05, 0) is 33.6 Å². The monoisotopic (exact) mass is 322 g/mol. The maximum atomic E-state index is 11.7. The Morgan fingerprint density at radius 2 is 1.95 bits per heavy atom. The average molecular weight is 323 g/mol. The minimum absolute atomic E-state index is 0.0324. The fourth-order valence-corrected chi connectivity index (χ4v) is 1.46. The second-order valence-corrected chi connectivity index (χ2v) is 5.44. The third-order valence-electron chi connectivity index (χ3n) is 2.12. The van der Waals surface area contributed by atoms with E-state index in [0.29, 0.717) is 19.4 Å². The summed E-state index contributed by atoms with van der Waals surface area (Å²) in [6.07, 6.45) is 0.0717. The number of alkyl halides is 1. The molecule has 0 heterocycles. The molecule has 1 amide bonds. The smallest absolute Gasteiger partial charge is 0.408 e. The van der Waals surface area contributed by atoms with Crippen LogP contribution in [0.25, 0.3) is 0 Å². The van der Waals surface area contributed by atoms with E-state index in [1.165, 1.54) is 0 Å². The van der Waals surface area contributed by atoms with Crippen LogP contribution in [0.3, 0.4) is 0 Å². The zero-order chi connectivity index (χ0) is 16.5. The number of rotatable bonds is 7. The van der Waals surface area contributed by atoms with Gasteiger partial charge in [0, 0.05) is 6.54 Å². The maximum Gasteiger partial charge on any atom is 0.408 e. The first-order valence-electron chi connectivity index (χ1n) is 6.43. The van der Waals surface area contributed by atoms with E-state index in [9.17, 15) is 9.59 Å². The van der Waals surface area contributed by atoms with Crippen LogP contribution in [-0.2, 0) is 14.3 Å². The molecule has 0 saturated carbocycles. The van der Waals surface area contributed by atoms with Crippen molar-refractivity contribution in [1.29, 1.82) is 0 Å². The lowest BCUT2D eigenvalue weighted by atomic mass is 10.1. The number of hydrogen-bond acceptors (Lipinski definition) is 5. The number of halogens is 1. The summed E-state index contributed by atoms with van der Waals surface area (Å²) in [5.74, 6) is -0.671. The molecule has 0 saturated heterocycles. The van der Waals surface area contributed by atoms with Crippen LogP contribution in [0.1, 0.15) is 33.6 Å². The molecule has 0 aliphatic rings. The molecule has 0 fully saturated rings. The number of ether oxygens (including phenoxy) is 2. The second-order valence-electron chi connectivity index (χ2n) is 5.22. The summed E-state index contributed by atoms with van der Waals surface area (Å²) in [7, 11) is 0. The molecule has 0 rings (SSSR count). The van der Waals surface area contributed by atoms with Crippen LogP contribution in [0.15, 0.2) is 4.99 Å². The van der Waals surface area contributed by atoms with Gasteiger partial charge in [0.25, 0.3) is 0 Å². The van der Waals surface area contributed by atoms with Crippen LogP contribution >= 0.6 is 11.6 Å². The van der Waals surface area contributed by atoms with Crippen molar-refractivity contribution in [1.82, 2.24) is 5.32 Å². The number of nitrogens with one attached hydrogen (secondary N) is 1. The molecule has 9 heteroatoms. The highest BCUT2D eigenvalue weighted by Gasteiger charge is 2.25. The van der Waals surface area contributed by atoms with E-state index >= 15 is 0 Å². The molecule has 0 spiro atoms. The van der Waals surface area contributed by atoms with Crippen LogP contribution in [0.4, 0.5) is 4.79 Å². The number of amides is 1. The average Bonchev–Trinajstić information content (AvgIpc) is 2.30. The summed E-state index contributed by atoms with van der Waals surface area (Å²) in [6, 6.07) is -1.16. The quantitative estimate of drug-likeness (QED) is 0.208. The van der Waals surface area contributed by atoms with Gasteiger partial charge in [-0.3, -0.25) is 4.99 Å². The number of nitrogens with zero attached hydrogens (tertiary/aromatic N) is 1. The van der Waals surface area contributed by atoms with E-state index in [2.05, 4.69) is 15.0 Å². The Morgan fingerprint density at radius 3 is 2.43 bits per heavy atom. The number of esters is 1. The first-order chi connectivity index (χ1) is 9.65. The molecule has 0 bridgehead atoms. The third kappa shape index (κ3) is 10.7. The molecule has 0 aromatic carbocycles. The van der Waals surface area contributed by atoms with Crippen molar-refractivity contribution in [2.45, 2.75) is 45.3 Å². The van der Waals surface area contributed by atoms with Crippen LogP contribution in [-0.4, -0.2) is 42.3 Å². The molecule has 8 nitrogen and oxygen atoms in total. The van der Waals surface area contributed by atoms with Crippen molar-refractivity contribution < 1.29 is 19.1 Å². The molecule has 0 radical (unpaired) electrons. The van der Waals surface area contributed by atoms with E-state index in [4.69, 9.17) is 27.8 Å². The Hall–Kier alpha value is -1.70. The summed E-state index contributed by atoms with van der Waals surface area (Å²) in [5.41, 5.74) is 9.73. The van der Waals surface area contributed by atoms with Crippen molar-refractivity contribution in [3.05, 3.63) is 0 Å². The van der Waals surface area contributed by atoms with Crippen LogP contribution < -0.4 is 16.8 Å². The van der Waals surface area contributed by atoms with Gasteiger partial charge < -0.3 is 26.3 Å². The molecular formula is C12H23ClN4O4. The minimum atomic E-state index is -0.868. The first kappa shape index (κ1) is 19.3. The highest BCUT2D eigenvalue weighted by molar-refractivity contribution is 6.17.